The van der Waals surface area contributed by atoms with Crippen LogP contribution in [-0.2, 0) is 9.53 Å². The molecule has 0 amide bonds. The molecule has 5 heteroatoms. The van der Waals surface area contributed by atoms with Crippen LogP contribution < -0.4 is 0 Å². The number of carbonyl (C=O) groups excluding carboxylic acids is 1. The van der Waals surface area contributed by atoms with Gasteiger partial charge in [-0.1, -0.05) is 6.42 Å². The summed E-state index contributed by atoms with van der Waals surface area (Å²) in [5.74, 6) is -0.214. The van der Waals surface area contributed by atoms with Crippen LogP contribution in [0.2, 0.25) is 0 Å². The molecule has 0 radical (unpaired) electrons. The van der Waals surface area contributed by atoms with Gasteiger partial charge in [-0.05, 0) is 32.9 Å². The summed E-state index contributed by atoms with van der Waals surface area (Å²) in [5, 5.41) is 9.74. The molecule has 2 saturated heterocycles. The van der Waals surface area contributed by atoms with E-state index in [0.29, 0.717) is 19.0 Å². The number of nitrogens with zero attached hydrogens (tertiary/aromatic N) is 2. The second-order valence-corrected chi connectivity index (χ2v) is 5.84. The number of hydrogen-bond donors (Lipinski definition) is 1. The highest BCUT2D eigenvalue weighted by Gasteiger charge is 2.36. The van der Waals surface area contributed by atoms with E-state index in [1.807, 2.05) is 0 Å². The summed E-state index contributed by atoms with van der Waals surface area (Å²) in [7, 11) is 3.60. The van der Waals surface area contributed by atoms with Crippen molar-refractivity contribution >= 4 is 5.97 Å². The molecule has 3 unspecified atom stereocenters. The van der Waals surface area contributed by atoms with Gasteiger partial charge in [0.1, 0.15) is 6.04 Å². The van der Waals surface area contributed by atoms with Gasteiger partial charge in [0, 0.05) is 25.6 Å². The second-order valence-electron chi connectivity index (χ2n) is 5.84. The molecule has 3 atom stereocenters. The highest BCUT2D eigenvalue weighted by molar-refractivity contribution is 5.76. The number of β-amino-alcohol motifs (C(OH)–C–C–N with tert-alkyl or cyclic N) is 1. The summed E-state index contributed by atoms with van der Waals surface area (Å²) < 4.78 is 4.82. The Morgan fingerprint density at radius 1 is 1.42 bits per heavy atom. The van der Waals surface area contributed by atoms with Gasteiger partial charge >= 0.3 is 5.97 Å². The minimum Gasteiger partial charge on any atom is -0.468 e. The summed E-state index contributed by atoms with van der Waals surface area (Å²) in [6.07, 6.45) is 5.02. The van der Waals surface area contributed by atoms with Crippen LogP contribution in [0.25, 0.3) is 0 Å². The maximum absolute atomic E-state index is 11.7. The zero-order valence-electron chi connectivity index (χ0n) is 12.0. The smallest absolute Gasteiger partial charge is 0.323 e. The lowest BCUT2D eigenvalue weighted by atomic mass is 10.00. The van der Waals surface area contributed by atoms with Gasteiger partial charge in [-0.2, -0.15) is 0 Å². The molecule has 2 aliphatic heterocycles. The van der Waals surface area contributed by atoms with E-state index in [1.54, 1.807) is 0 Å². The molecule has 0 aromatic heterocycles. The molecule has 110 valence electrons. The average molecular weight is 270 g/mol. The van der Waals surface area contributed by atoms with Gasteiger partial charge in [0.05, 0.1) is 13.2 Å². The van der Waals surface area contributed by atoms with Crippen LogP contribution in [0.4, 0.5) is 0 Å². The Morgan fingerprint density at radius 3 is 2.89 bits per heavy atom. The molecule has 0 aliphatic carbocycles. The third-order valence-corrected chi connectivity index (χ3v) is 4.53. The Kier molecular flexibility index (Phi) is 5.19. The molecule has 0 aromatic carbocycles. The highest BCUT2D eigenvalue weighted by Crippen LogP contribution is 2.22. The van der Waals surface area contributed by atoms with E-state index in [9.17, 15) is 9.90 Å². The summed E-state index contributed by atoms with van der Waals surface area (Å²) in [4.78, 5) is 16.2. The molecular formula is C14H26N2O3. The summed E-state index contributed by atoms with van der Waals surface area (Å²) >= 11 is 0. The van der Waals surface area contributed by atoms with Crippen LogP contribution in [0.15, 0.2) is 0 Å². The fourth-order valence-electron chi connectivity index (χ4n) is 3.33. The fraction of sp³-hybridized carbons (Fsp3) is 0.929. The molecule has 0 spiro atoms. The number of esters is 1. The van der Waals surface area contributed by atoms with E-state index in [2.05, 4.69) is 16.8 Å². The first-order valence-electron chi connectivity index (χ1n) is 7.32. The predicted molar refractivity (Wildman–Crippen MR) is 72.9 cm³/mol. The zero-order valence-corrected chi connectivity index (χ0v) is 12.0. The van der Waals surface area contributed by atoms with Crippen molar-refractivity contribution < 1.29 is 14.6 Å². The average Bonchev–Trinajstić information content (AvgIpc) is 2.78. The largest absolute Gasteiger partial charge is 0.468 e. The van der Waals surface area contributed by atoms with Crippen molar-refractivity contribution in [3.05, 3.63) is 0 Å². The molecule has 19 heavy (non-hydrogen) atoms. The fourth-order valence-corrected chi connectivity index (χ4v) is 3.33. The standard InChI is InChI=1S/C14H26N2O3/c1-15-7-4-3-5-11(15)6-8-16-10-12(17)9-13(16)14(18)19-2/h11-13,17H,3-10H2,1-2H3. The van der Waals surface area contributed by atoms with Crippen molar-refractivity contribution in [2.45, 2.75) is 50.3 Å². The predicted octanol–water partition coefficient (Wildman–Crippen LogP) is 0.469. The molecule has 2 fully saturated rings. The summed E-state index contributed by atoms with van der Waals surface area (Å²) in [5.41, 5.74) is 0. The number of methoxy groups -OCH3 is 1. The lowest BCUT2D eigenvalue weighted by Crippen LogP contribution is -2.42. The van der Waals surface area contributed by atoms with Crippen LogP contribution >= 0.6 is 0 Å². The minimum atomic E-state index is -0.395. The van der Waals surface area contributed by atoms with Gasteiger partial charge in [0.25, 0.3) is 0 Å². The van der Waals surface area contributed by atoms with Gasteiger partial charge in [0.15, 0.2) is 0 Å². The molecule has 2 heterocycles. The topological polar surface area (TPSA) is 53.0 Å². The van der Waals surface area contributed by atoms with Crippen molar-refractivity contribution in [1.82, 2.24) is 9.80 Å². The minimum absolute atomic E-state index is 0.214. The lowest BCUT2D eigenvalue weighted by molar-refractivity contribution is -0.146. The highest BCUT2D eigenvalue weighted by atomic mass is 16.5. The van der Waals surface area contributed by atoms with E-state index in [1.165, 1.54) is 32.9 Å². The molecular weight excluding hydrogens is 244 g/mol. The maximum Gasteiger partial charge on any atom is 0.323 e. The first kappa shape index (κ1) is 14.8. The number of carbonyl (C=O) groups is 1. The van der Waals surface area contributed by atoms with Crippen molar-refractivity contribution in [3.8, 4) is 0 Å². The van der Waals surface area contributed by atoms with Crippen LogP contribution in [0.3, 0.4) is 0 Å². The Balaban J connectivity index is 1.84. The van der Waals surface area contributed by atoms with Crippen LogP contribution in [0.5, 0.6) is 0 Å². The molecule has 0 aromatic rings. The number of aliphatic hydroxyl groups excluding tert-OH is 1. The number of ether oxygens (including phenoxy) is 1. The van der Waals surface area contributed by atoms with E-state index in [4.69, 9.17) is 4.74 Å². The first-order valence-corrected chi connectivity index (χ1v) is 7.32. The molecule has 5 nitrogen and oxygen atoms in total. The quantitative estimate of drug-likeness (QED) is 0.753. The Labute approximate surface area is 115 Å². The van der Waals surface area contributed by atoms with Gasteiger partial charge < -0.3 is 14.7 Å². The molecule has 0 saturated carbocycles. The lowest BCUT2D eigenvalue weighted by Gasteiger charge is -2.34. The first-order chi connectivity index (χ1) is 9.11. The Hall–Kier alpha value is -0.650. The van der Waals surface area contributed by atoms with E-state index in [-0.39, 0.29) is 12.0 Å². The monoisotopic (exact) mass is 270 g/mol. The van der Waals surface area contributed by atoms with Crippen molar-refractivity contribution in [3.63, 3.8) is 0 Å². The zero-order chi connectivity index (χ0) is 13.8. The maximum atomic E-state index is 11.7. The van der Waals surface area contributed by atoms with E-state index < -0.39 is 6.10 Å². The van der Waals surface area contributed by atoms with Gasteiger partial charge in [-0.15, -0.1) is 0 Å². The Morgan fingerprint density at radius 2 is 2.21 bits per heavy atom. The van der Waals surface area contributed by atoms with E-state index >= 15 is 0 Å². The van der Waals surface area contributed by atoms with Gasteiger partial charge in [-0.3, -0.25) is 9.69 Å². The third kappa shape index (κ3) is 3.68. The molecule has 2 rings (SSSR count). The van der Waals surface area contributed by atoms with Crippen LogP contribution in [-0.4, -0.2) is 72.9 Å². The SMILES string of the molecule is COC(=O)C1CC(O)CN1CCC1CCCCN1C. The molecule has 2 aliphatic rings. The van der Waals surface area contributed by atoms with E-state index in [0.717, 1.165) is 13.0 Å². The Bertz CT molecular complexity index is 311. The number of aliphatic hydroxyl groups is 1. The third-order valence-electron chi connectivity index (χ3n) is 4.53. The normalized spacial score (nSPS) is 33.5. The van der Waals surface area contributed by atoms with Crippen molar-refractivity contribution in [1.29, 1.82) is 0 Å². The summed E-state index contributed by atoms with van der Waals surface area (Å²) in [6.45, 7) is 2.63. The second kappa shape index (κ2) is 6.68. The number of likely N-dealkylation sites (tertiary alicyclic amines) is 2. The van der Waals surface area contributed by atoms with Gasteiger partial charge in [0.2, 0.25) is 0 Å². The summed E-state index contributed by atoms with van der Waals surface area (Å²) in [6, 6.07) is 0.360. The number of hydrogen-bond acceptors (Lipinski definition) is 5. The molecule has 1 N–H and O–H groups in total. The molecule has 0 bridgehead atoms. The van der Waals surface area contributed by atoms with Crippen molar-refractivity contribution in [2.24, 2.45) is 0 Å². The number of piperidine rings is 1. The van der Waals surface area contributed by atoms with Gasteiger partial charge in [-0.25, -0.2) is 0 Å². The van der Waals surface area contributed by atoms with Crippen molar-refractivity contribution in [2.75, 3.05) is 33.8 Å². The van der Waals surface area contributed by atoms with Crippen LogP contribution in [0, 0.1) is 0 Å². The number of rotatable bonds is 4. The van der Waals surface area contributed by atoms with Crippen LogP contribution in [0.1, 0.15) is 32.1 Å².